The smallest absolute Gasteiger partial charge is 0.165 e. The molecule has 78 valence electrons. The van der Waals surface area contributed by atoms with Gasteiger partial charge in [-0.05, 0) is 24.7 Å². The van der Waals surface area contributed by atoms with Crippen molar-refractivity contribution in [1.82, 2.24) is 10.4 Å². The number of benzene rings is 1. The molecule has 0 atom stereocenters. The summed E-state index contributed by atoms with van der Waals surface area (Å²) in [6, 6.07) is 4.95. The largest absolute Gasteiger partial charge is 0.494 e. The predicted octanol–water partition coefficient (Wildman–Crippen LogP) is 1.40. The van der Waals surface area contributed by atoms with Crippen molar-refractivity contribution in [2.24, 2.45) is 0 Å². The van der Waals surface area contributed by atoms with E-state index in [-0.39, 0.29) is 11.6 Å². The summed E-state index contributed by atoms with van der Waals surface area (Å²) in [5.41, 5.74) is 3.84. The van der Waals surface area contributed by atoms with E-state index in [0.717, 1.165) is 5.56 Å². The number of hydrogen-bond donors (Lipinski definition) is 1. The Bertz CT molecular complexity index is 304. The van der Waals surface area contributed by atoms with Crippen LogP contribution in [0.1, 0.15) is 5.56 Å². The van der Waals surface area contributed by atoms with Crippen LogP contribution >= 0.6 is 0 Å². The maximum Gasteiger partial charge on any atom is 0.165 e. The van der Waals surface area contributed by atoms with Gasteiger partial charge in [0.1, 0.15) is 0 Å². The highest BCUT2D eigenvalue weighted by Crippen LogP contribution is 2.17. The Hall–Kier alpha value is -1.13. The SMILES string of the molecule is CNN(C)Cc1ccc(OC)c(F)c1. The Morgan fingerprint density at radius 1 is 1.50 bits per heavy atom. The van der Waals surface area contributed by atoms with Gasteiger partial charge in [-0.25, -0.2) is 9.40 Å². The summed E-state index contributed by atoms with van der Waals surface area (Å²) in [7, 11) is 5.17. The van der Waals surface area contributed by atoms with Gasteiger partial charge in [-0.15, -0.1) is 0 Å². The number of nitrogens with one attached hydrogen (secondary N) is 1. The molecule has 0 saturated carbocycles. The molecule has 1 aromatic rings. The number of methoxy groups -OCH3 is 1. The van der Waals surface area contributed by atoms with Crippen molar-refractivity contribution in [1.29, 1.82) is 0 Å². The van der Waals surface area contributed by atoms with Crippen molar-refractivity contribution in [3.63, 3.8) is 0 Å². The summed E-state index contributed by atoms with van der Waals surface area (Å²) in [6.45, 7) is 0.650. The molecule has 0 bridgehead atoms. The van der Waals surface area contributed by atoms with Crippen LogP contribution in [0.25, 0.3) is 0 Å². The molecule has 14 heavy (non-hydrogen) atoms. The topological polar surface area (TPSA) is 24.5 Å². The average Bonchev–Trinajstić information content (AvgIpc) is 2.18. The van der Waals surface area contributed by atoms with Gasteiger partial charge >= 0.3 is 0 Å². The van der Waals surface area contributed by atoms with Crippen molar-refractivity contribution in [3.05, 3.63) is 29.6 Å². The summed E-state index contributed by atoms with van der Waals surface area (Å²) in [5.74, 6) is -0.0460. The number of nitrogens with zero attached hydrogens (tertiary/aromatic N) is 1. The Balaban J connectivity index is 2.76. The molecule has 0 radical (unpaired) electrons. The minimum atomic E-state index is -0.325. The summed E-state index contributed by atoms with van der Waals surface area (Å²) in [4.78, 5) is 0. The molecule has 0 aromatic heterocycles. The zero-order valence-corrected chi connectivity index (χ0v) is 8.67. The molecule has 3 nitrogen and oxygen atoms in total. The van der Waals surface area contributed by atoms with Crippen LogP contribution in [0.2, 0.25) is 0 Å². The lowest BCUT2D eigenvalue weighted by atomic mass is 10.2. The average molecular weight is 198 g/mol. The van der Waals surface area contributed by atoms with Gasteiger partial charge in [0.05, 0.1) is 7.11 Å². The second-order valence-electron chi connectivity index (χ2n) is 3.05. The summed E-state index contributed by atoms with van der Waals surface area (Å²) in [5, 5.41) is 1.86. The first-order chi connectivity index (χ1) is 6.67. The Morgan fingerprint density at radius 3 is 2.71 bits per heavy atom. The highest BCUT2D eigenvalue weighted by atomic mass is 19.1. The summed E-state index contributed by atoms with van der Waals surface area (Å²) in [6.07, 6.45) is 0. The standard InChI is InChI=1S/C10H15FN2O/c1-12-13(2)7-8-4-5-10(14-3)9(11)6-8/h4-6,12H,7H2,1-3H3. The molecule has 0 heterocycles. The number of hydrogen-bond acceptors (Lipinski definition) is 3. The van der Waals surface area contributed by atoms with Gasteiger partial charge in [0, 0.05) is 13.6 Å². The highest BCUT2D eigenvalue weighted by molar-refractivity contribution is 5.29. The molecule has 1 rings (SSSR count). The molecular formula is C10H15FN2O. The fourth-order valence-electron chi connectivity index (χ4n) is 1.16. The second kappa shape index (κ2) is 4.93. The number of hydrazine groups is 1. The molecule has 0 unspecified atom stereocenters. The molecule has 4 heteroatoms. The lowest BCUT2D eigenvalue weighted by Crippen LogP contribution is -2.29. The van der Waals surface area contributed by atoms with Crippen molar-refractivity contribution in [2.45, 2.75) is 6.54 Å². The van der Waals surface area contributed by atoms with Crippen molar-refractivity contribution >= 4 is 0 Å². The minimum Gasteiger partial charge on any atom is -0.494 e. The first-order valence-corrected chi connectivity index (χ1v) is 4.38. The van der Waals surface area contributed by atoms with E-state index in [4.69, 9.17) is 4.74 Å². The van der Waals surface area contributed by atoms with Gasteiger partial charge in [-0.3, -0.25) is 5.43 Å². The molecular weight excluding hydrogens is 183 g/mol. The van der Waals surface area contributed by atoms with E-state index in [1.807, 2.05) is 25.2 Å². The predicted molar refractivity (Wildman–Crippen MR) is 53.5 cm³/mol. The minimum absolute atomic E-state index is 0.279. The van der Waals surface area contributed by atoms with Crippen molar-refractivity contribution < 1.29 is 9.13 Å². The summed E-state index contributed by atoms with van der Waals surface area (Å²) < 4.78 is 18.1. The van der Waals surface area contributed by atoms with Crippen LogP contribution in [0.4, 0.5) is 4.39 Å². The van der Waals surface area contributed by atoms with Crippen LogP contribution in [0.15, 0.2) is 18.2 Å². The van der Waals surface area contributed by atoms with Crippen molar-refractivity contribution in [2.75, 3.05) is 21.2 Å². The van der Waals surface area contributed by atoms with Crippen LogP contribution in [-0.2, 0) is 6.54 Å². The Kier molecular flexibility index (Phi) is 3.85. The van der Waals surface area contributed by atoms with E-state index < -0.39 is 0 Å². The molecule has 0 saturated heterocycles. The molecule has 0 aliphatic rings. The monoisotopic (exact) mass is 198 g/mol. The third-order valence-electron chi connectivity index (χ3n) is 2.02. The maximum atomic E-state index is 13.2. The fraction of sp³-hybridized carbons (Fsp3) is 0.400. The Labute approximate surface area is 83.5 Å². The molecule has 0 spiro atoms. The van der Waals surface area contributed by atoms with E-state index in [1.165, 1.54) is 13.2 Å². The maximum absolute atomic E-state index is 13.2. The van der Waals surface area contributed by atoms with Gasteiger partial charge in [-0.2, -0.15) is 0 Å². The molecule has 1 N–H and O–H groups in total. The van der Waals surface area contributed by atoms with Crippen molar-refractivity contribution in [3.8, 4) is 5.75 Å². The van der Waals surface area contributed by atoms with Crippen LogP contribution in [0, 0.1) is 5.82 Å². The number of halogens is 1. The first-order valence-electron chi connectivity index (χ1n) is 4.38. The highest BCUT2D eigenvalue weighted by Gasteiger charge is 2.04. The van der Waals surface area contributed by atoms with E-state index in [0.29, 0.717) is 6.54 Å². The number of ether oxygens (including phenoxy) is 1. The third-order valence-corrected chi connectivity index (χ3v) is 2.02. The van der Waals surface area contributed by atoms with E-state index in [2.05, 4.69) is 5.43 Å². The molecule has 0 aliphatic carbocycles. The van der Waals surface area contributed by atoms with E-state index in [1.54, 1.807) is 6.07 Å². The molecule has 0 amide bonds. The molecule has 1 aromatic carbocycles. The number of rotatable bonds is 4. The quantitative estimate of drug-likeness (QED) is 0.740. The van der Waals surface area contributed by atoms with Gasteiger partial charge in [-0.1, -0.05) is 6.07 Å². The Morgan fingerprint density at radius 2 is 2.21 bits per heavy atom. The van der Waals surface area contributed by atoms with E-state index >= 15 is 0 Å². The van der Waals surface area contributed by atoms with E-state index in [9.17, 15) is 4.39 Å². The lowest BCUT2D eigenvalue weighted by Gasteiger charge is -2.15. The summed E-state index contributed by atoms with van der Waals surface area (Å²) >= 11 is 0. The lowest BCUT2D eigenvalue weighted by molar-refractivity contribution is 0.251. The van der Waals surface area contributed by atoms with Gasteiger partial charge in [0.25, 0.3) is 0 Å². The van der Waals surface area contributed by atoms with Gasteiger partial charge in [0.2, 0.25) is 0 Å². The normalized spacial score (nSPS) is 10.6. The molecule has 0 fully saturated rings. The van der Waals surface area contributed by atoms with Gasteiger partial charge in [0.15, 0.2) is 11.6 Å². The zero-order chi connectivity index (χ0) is 10.6. The van der Waals surface area contributed by atoms with Crippen LogP contribution in [0.3, 0.4) is 0 Å². The van der Waals surface area contributed by atoms with Gasteiger partial charge < -0.3 is 4.74 Å². The van der Waals surface area contributed by atoms with Crippen LogP contribution in [-0.4, -0.2) is 26.2 Å². The van der Waals surface area contributed by atoms with Crippen LogP contribution < -0.4 is 10.2 Å². The third kappa shape index (κ3) is 2.68. The zero-order valence-electron chi connectivity index (χ0n) is 8.67. The second-order valence-corrected chi connectivity index (χ2v) is 3.05. The first kappa shape index (κ1) is 10.9. The van der Waals surface area contributed by atoms with Crippen LogP contribution in [0.5, 0.6) is 5.75 Å². The fourth-order valence-corrected chi connectivity index (χ4v) is 1.16. The molecule has 0 aliphatic heterocycles.